The Balaban J connectivity index is 1.73. The van der Waals surface area contributed by atoms with Crippen molar-refractivity contribution in [1.82, 2.24) is 0 Å². The van der Waals surface area contributed by atoms with Crippen molar-refractivity contribution in [3.8, 4) is 11.5 Å². The lowest BCUT2D eigenvalue weighted by molar-refractivity contribution is -0.139. The SMILES string of the molecule is CCOCCOC(=O)C=Cc1ccc(OC(=O)c2ccc(OCCCCCC(F)(F)F)cc2)cc1. The highest BCUT2D eigenvalue weighted by Crippen LogP contribution is 2.23. The van der Waals surface area contributed by atoms with Crippen LogP contribution in [0.15, 0.2) is 54.6 Å². The molecule has 190 valence electrons. The molecule has 0 unspecified atom stereocenters. The van der Waals surface area contributed by atoms with E-state index in [1.807, 2.05) is 6.92 Å². The first kappa shape index (κ1) is 27.9. The van der Waals surface area contributed by atoms with Gasteiger partial charge in [0.1, 0.15) is 18.1 Å². The molecule has 9 heteroatoms. The lowest BCUT2D eigenvalue weighted by atomic mass is 10.2. The topological polar surface area (TPSA) is 71.1 Å². The molecule has 0 aliphatic rings. The van der Waals surface area contributed by atoms with Crippen LogP contribution in [0.2, 0.25) is 0 Å². The van der Waals surface area contributed by atoms with Crippen molar-refractivity contribution in [2.24, 2.45) is 0 Å². The highest BCUT2D eigenvalue weighted by molar-refractivity contribution is 5.91. The van der Waals surface area contributed by atoms with Crippen LogP contribution in [-0.2, 0) is 14.3 Å². The van der Waals surface area contributed by atoms with Crippen LogP contribution in [0.3, 0.4) is 0 Å². The largest absolute Gasteiger partial charge is 0.494 e. The summed E-state index contributed by atoms with van der Waals surface area (Å²) in [4.78, 5) is 24.0. The number of halogens is 3. The number of rotatable bonds is 14. The van der Waals surface area contributed by atoms with Crippen molar-refractivity contribution in [1.29, 1.82) is 0 Å². The number of esters is 2. The fraction of sp³-hybridized carbons (Fsp3) is 0.385. The minimum atomic E-state index is -4.12. The minimum absolute atomic E-state index is 0.0798. The van der Waals surface area contributed by atoms with Gasteiger partial charge in [0.25, 0.3) is 0 Å². The van der Waals surface area contributed by atoms with Crippen LogP contribution >= 0.6 is 0 Å². The standard InChI is InChI=1S/C26H29F3O6/c1-2-32-18-19-34-24(30)15-8-20-6-11-23(12-7-20)35-25(31)21-9-13-22(14-10-21)33-17-5-3-4-16-26(27,28)29/h6-15H,2-5,16-19H2,1H3. The monoisotopic (exact) mass is 494 g/mol. The van der Waals surface area contributed by atoms with Gasteiger partial charge in [-0.3, -0.25) is 0 Å². The molecular weight excluding hydrogens is 465 g/mol. The summed E-state index contributed by atoms with van der Waals surface area (Å²) < 4.78 is 57.2. The Morgan fingerprint density at radius 3 is 2.20 bits per heavy atom. The fourth-order valence-electron chi connectivity index (χ4n) is 2.85. The predicted molar refractivity (Wildman–Crippen MR) is 124 cm³/mol. The second-order valence-corrected chi connectivity index (χ2v) is 7.45. The Bertz CT molecular complexity index is 937. The van der Waals surface area contributed by atoms with E-state index >= 15 is 0 Å². The smallest absolute Gasteiger partial charge is 0.389 e. The second kappa shape index (κ2) is 14.8. The maximum Gasteiger partial charge on any atom is 0.389 e. The lowest BCUT2D eigenvalue weighted by Crippen LogP contribution is -2.08. The molecule has 0 N–H and O–H groups in total. The third-order valence-electron chi connectivity index (χ3n) is 4.64. The van der Waals surface area contributed by atoms with Gasteiger partial charge in [-0.2, -0.15) is 13.2 Å². The second-order valence-electron chi connectivity index (χ2n) is 7.45. The van der Waals surface area contributed by atoms with Gasteiger partial charge in [-0.1, -0.05) is 12.1 Å². The Morgan fingerprint density at radius 1 is 0.857 bits per heavy atom. The molecule has 0 aliphatic heterocycles. The van der Waals surface area contributed by atoms with Crippen molar-refractivity contribution >= 4 is 18.0 Å². The zero-order valence-electron chi connectivity index (χ0n) is 19.5. The molecule has 0 saturated carbocycles. The number of alkyl halides is 3. The molecule has 0 saturated heterocycles. The Hall–Kier alpha value is -3.33. The summed E-state index contributed by atoms with van der Waals surface area (Å²) in [6.07, 6.45) is -0.992. The van der Waals surface area contributed by atoms with Gasteiger partial charge in [0.2, 0.25) is 0 Å². The summed E-state index contributed by atoms with van der Waals surface area (Å²) in [5, 5.41) is 0. The Kier molecular flexibility index (Phi) is 11.8. The molecule has 0 radical (unpaired) electrons. The van der Waals surface area contributed by atoms with Gasteiger partial charge in [0.05, 0.1) is 18.8 Å². The fourth-order valence-corrected chi connectivity index (χ4v) is 2.85. The van der Waals surface area contributed by atoms with E-state index in [9.17, 15) is 22.8 Å². The first-order valence-corrected chi connectivity index (χ1v) is 11.3. The molecule has 2 aromatic rings. The molecule has 6 nitrogen and oxygen atoms in total. The molecule has 0 aromatic heterocycles. The van der Waals surface area contributed by atoms with Crippen LogP contribution in [0, 0.1) is 0 Å². The van der Waals surface area contributed by atoms with Gasteiger partial charge in [0, 0.05) is 19.1 Å². The lowest BCUT2D eigenvalue weighted by Gasteiger charge is -2.08. The van der Waals surface area contributed by atoms with Crippen molar-refractivity contribution in [2.45, 2.75) is 38.8 Å². The minimum Gasteiger partial charge on any atom is -0.494 e. The van der Waals surface area contributed by atoms with Crippen molar-refractivity contribution in [3.05, 3.63) is 65.7 Å². The highest BCUT2D eigenvalue weighted by atomic mass is 19.4. The Morgan fingerprint density at radius 2 is 1.54 bits per heavy atom. The van der Waals surface area contributed by atoms with E-state index < -0.39 is 24.5 Å². The zero-order valence-corrected chi connectivity index (χ0v) is 19.5. The van der Waals surface area contributed by atoms with Crippen LogP contribution < -0.4 is 9.47 Å². The number of hydrogen-bond acceptors (Lipinski definition) is 6. The summed E-state index contributed by atoms with van der Waals surface area (Å²) in [7, 11) is 0. The van der Waals surface area contributed by atoms with Crippen LogP contribution in [0.5, 0.6) is 11.5 Å². The molecule has 0 amide bonds. The summed E-state index contributed by atoms with van der Waals surface area (Å²) in [6, 6.07) is 12.9. The quantitative estimate of drug-likeness (QED) is 0.139. The molecule has 35 heavy (non-hydrogen) atoms. The molecule has 2 rings (SSSR count). The van der Waals surface area contributed by atoms with Crippen LogP contribution in [0.4, 0.5) is 13.2 Å². The summed E-state index contributed by atoms with van der Waals surface area (Å²) in [5.41, 5.74) is 1.05. The van der Waals surface area contributed by atoms with E-state index in [2.05, 4.69) is 0 Å². The number of unbranched alkanes of at least 4 members (excludes halogenated alkanes) is 2. The number of carbonyl (C=O) groups excluding carboxylic acids is 2. The molecule has 2 aromatic carbocycles. The maximum absolute atomic E-state index is 12.3. The van der Waals surface area contributed by atoms with Crippen molar-refractivity contribution in [2.75, 3.05) is 26.4 Å². The van der Waals surface area contributed by atoms with Gasteiger partial charge >= 0.3 is 18.1 Å². The average Bonchev–Trinajstić information content (AvgIpc) is 2.83. The average molecular weight is 495 g/mol. The maximum atomic E-state index is 12.3. The van der Waals surface area contributed by atoms with E-state index in [1.54, 1.807) is 54.6 Å². The number of carbonyl (C=O) groups is 2. The number of ether oxygens (including phenoxy) is 4. The van der Waals surface area contributed by atoms with Gasteiger partial charge in [0.15, 0.2) is 0 Å². The van der Waals surface area contributed by atoms with Gasteiger partial charge in [-0.15, -0.1) is 0 Å². The Labute approximate surface area is 202 Å². The van der Waals surface area contributed by atoms with E-state index in [0.717, 1.165) is 5.56 Å². The third kappa shape index (κ3) is 12.1. The van der Waals surface area contributed by atoms with Gasteiger partial charge < -0.3 is 18.9 Å². The molecular formula is C26H29F3O6. The molecule has 0 spiro atoms. The van der Waals surface area contributed by atoms with E-state index in [1.165, 1.54) is 6.08 Å². The molecule has 0 heterocycles. The van der Waals surface area contributed by atoms with Crippen LogP contribution in [0.1, 0.15) is 48.5 Å². The summed E-state index contributed by atoms with van der Waals surface area (Å²) in [5.74, 6) is -0.172. The van der Waals surface area contributed by atoms with E-state index in [-0.39, 0.29) is 13.0 Å². The molecule has 0 fully saturated rings. The van der Waals surface area contributed by atoms with Crippen LogP contribution in [-0.4, -0.2) is 44.5 Å². The van der Waals surface area contributed by atoms with E-state index in [4.69, 9.17) is 18.9 Å². The molecule has 0 atom stereocenters. The summed E-state index contributed by atoms with van der Waals surface area (Å²) in [6.45, 7) is 3.25. The first-order valence-electron chi connectivity index (χ1n) is 11.3. The van der Waals surface area contributed by atoms with Crippen molar-refractivity contribution < 1.29 is 41.7 Å². The van der Waals surface area contributed by atoms with Gasteiger partial charge in [-0.25, -0.2) is 9.59 Å². The third-order valence-corrected chi connectivity index (χ3v) is 4.64. The number of hydrogen-bond donors (Lipinski definition) is 0. The highest BCUT2D eigenvalue weighted by Gasteiger charge is 2.25. The first-order chi connectivity index (χ1) is 16.8. The van der Waals surface area contributed by atoms with Crippen molar-refractivity contribution in [3.63, 3.8) is 0 Å². The van der Waals surface area contributed by atoms with Gasteiger partial charge in [-0.05, 0) is 74.2 Å². The van der Waals surface area contributed by atoms with Crippen LogP contribution in [0.25, 0.3) is 6.08 Å². The molecule has 0 bridgehead atoms. The molecule has 0 aliphatic carbocycles. The normalized spacial score (nSPS) is 11.4. The zero-order chi connectivity index (χ0) is 25.5. The number of benzene rings is 2. The summed E-state index contributed by atoms with van der Waals surface area (Å²) >= 11 is 0. The predicted octanol–water partition coefficient (Wildman–Crippen LogP) is 6.00. The van der Waals surface area contributed by atoms with E-state index in [0.29, 0.717) is 49.7 Å².